The van der Waals surface area contributed by atoms with Crippen LogP contribution in [0.2, 0.25) is 0 Å². The van der Waals surface area contributed by atoms with Crippen LogP contribution in [0.1, 0.15) is 55.0 Å². The van der Waals surface area contributed by atoms with Gasteiger partial charge in [0.15, 0.2) is 0 Å². The number of nitrogens with two attached hydrogens (primary N) is 1. The molecule has 2 aliphatic rings. The van der Waals surface area contributed by atoms with Crippen LogP contribution in [0.25, 0.3) is 11.1 Å². The predicted octanol–water partition coefficient (Wildman–Crippen LogP) is 5.11. The Labute approximate surface area is 141 Å². The van der Waals surface area contributed by atoms with Crippen LogP contribution in [0.5, 0.6) is 0 Å². The first-order chi connectivity index (χ1) is 11.6. The number of nitrogens with zero attached hydrogens (tertiary/aromatic N) is 1. The molecule has 0 spiro atoms. The van der Waals surface area contributed by atoms with Crippen LogP contribution in [0.3, 0.4) is 0 Å². The average molecular weight is 328 g/mol. The molecule has 2 nitrogen and oxygen atoms in total. The van der Waals surface area contributed by atoms with E-state index in [1.807, 2.05) is 18.2 Å². The van der Waals surface area contributed by atoms with Gasteiger partial charge >= 0.3 is 0 Å². The lowest BCUT2D eigenvalue weighted by Crippen LogP contribution is -2.35. The fourth-order valence-corrected chi connectivity index (χ4v) is 4.06. The van der Waals surface area contributed by atoms with Crippen LogP contribution in [-0.2, 0) is 12.8 Å². The Morgan fingerprint density at radius 2 is 1.71 bits per heavy atom. The molecule has 0 amide bonds. The maximum absolute atomic E-state index is 13.4. The number of hydrogen-bond donors (Lipinski definition) is 1. The Morgan fingerprint density at radius 3 is 2.42 bits per heavy atom. The van der Waals surface area contributed by atoms with Crippen LogP contribution in [0, 0.1) is 0 Å². The van der Waals surface area contributed by atoms with Crippen molar-refractivity contribution >= 4 is 5.69 Å². The van der Waals surface area contributed by atoms with Gasteiger partial charge in [0.1, 0.15) is 0 Å². The van der Waals surface area contributed by atoms with E-state index < -0.39 is 5.92 Å². The van der Waals surface area contributed by atoms with Gasteiger partial charge in [-0.25, -0.2) is 8.78 Å². The Balaban J connectivity index is 1.87. The lowest BCUT2D eigenvalue weighted by Gasteiger charge is -2.36. The zero-order chi connectivity index (χ0) is 16.7. The molecule has 1 saturated carbocycles. The van der Waals surface area contributed by atoms with Gasteiger partial charge in [-0.15, -0.1) is 0 Å². The fraction of sp³-hybridized carbons (Fsp3) is 0.450. The number of benzene rings is 1. The van der Waals surface area contributed by atoms with Crippen molar-refractivity contribution in [3.63, 3.8) is 0 Å². The van der Waals surface area contributed by atoms with Gasteiger partial charge in [-0.3, -0.25) is 4.98 Å². The average Bonchev–Trinajstić information content (AvgIpc) is 2.78. The molecule has 1 aromatic heterocycles. The van der Waals surface area contributed by atoms with Crippen LogP contribution >= 0.6 is 0 Å². The molecule has 4 heteroatoms. The zero-order valence-corrected chi connectivity index (χ0v) is 13.7. The van der Waals surface area contributed by atoms with Gasteiger partial charge in [-0.2, -0.15) is 0 Å². The van der Waals surface area contributed by atoms with E-state index in [1.54, 1.807) is 0 Å². The maximum Gasteiger partial charge on any atom is 0.249 e. The Morgan fingerprint density at radius 1 is 1.00 bits per heavy atom. The van der Waals surface area contributed by atoms with E-state index in [0.717, 1.165) is 42.5 Å². The van der Waals surface area contributed by atoms with Gasteiger partial charge in [0.25, 0.3) is 0 Å². The van der Waals surface area contributed by atoms with Crippen molar-refractivity contribution in [1.82, 2.24) is 4.98 Å². The molecular weight excluding hydrogens is 306 g/mol. The number of pyridine rings is 1. The molecule has 24 heavy (non-hydrogen) atoms. The first-order valence-electron chi connectivity index (χ1n) is 8.79. The van der Waals surface area contributed by atoms with E-state index >= 15 is 0 Å². The molecule has 2 aliphatic carbocycles. The molecule has 0 saturated heterocycles. The van der Waals surface area contributed by atoms with Crippen LogP contribution in [0.4, 0.5) is 14.5 Å². The Bertz CT molecular complexity index is 748. The summed E-state index contributed by atoms with van der Waals surface area (Å²) >= 11 is 0. The number of aryl methyl sites for hydroxylation is 1. The van der Waals surface area contributed by atoms with Gasteiger partial charge in [0.05, 0.1) is 11.4 Å². The van der Waals surface area contributed by atoms with E-state index in [0.29, 0.717) is 11.4 Å². The van der Waals surface area contributed by atoms with Gasteiger partial charge in [0.2, 0.25) is 5.92 Å². The Hall–Kier alpha value is -1.97. The normalized spacial score (nSPS) is 20.1. The van der Waals surface area contributed by atoms with Gasteiger partial charge < -0.3 is 5.73 Å². The fourth-order valence-electron chi connectivity index (χ4n) is 4.06. The van der Waals surface area contributed by atoms with Crippen molar-refractivity contribution < 1.29 is 8.78 Å². The summed E-state index contributed by atoms with van der Waals surface area (Å²) in [4.78, 5) is 4.79. The lowest BCUT2D eigenvalue weighted by molar-refractivity contribution is -0.0874. The number of fused-ring (bicyclic) bond motifs is 1. The second-order valence-corrected chi connectivity index (χ2v) is 7.10. The molecule has 0 atom stereocenters. The molecule has 1 fully saturated rings. The van der Waals surface area contributed by atoms with Gasteiger partial charge in [-0.05, 0) is 36.8 Å². The summed E-state index contributed by atoms with van der Waals surface area (Å²) in [5, 5.41) is 0. The van der Waals surface area contributed by atoms with Crippen molar-refractivity contribution in [2.24, 2.45) is 0 Å². The second-order valence-electron chi connectivity index (χ2n) is 7.10. The third-order valence-corrected chi connectivity index (χ3v) is 5.33. The van der Waals surface area contributed by atoms with E-state index in [1.165, 1.54) is 12.0 Å². The third-order valence-electron chi connectivity index (χ3n) is 5.33. The minimum absolute atomic E-state index is 0.128. The number of anilines is 1. The number of alkyl halides is 2. The molecule has 0 bridgehead atoms. The van der Waals surface area contributed by atoms with Crippen molar-refractivity contribution in [3.8, 4) is 11.1 Å². The number of hydrogen-bond acceptors (Lipinski definition) is 2. The van der Waals surface area contributed by atoms with E-state index in [-0.39, 0.29) is 18.8 Å². The monoisotopic (exact) mass is 328 g/mol. The first kappa shape index (κ1) is 15.6. The quantitative estimate of drug-likeness (QED) is 0.778. The summed E-state index contributed by atoms with van der Waals surface area (Å²) in [7, 11) is 0. The third kappa shape index (κ3) is 2.68. The molecule has 126 valence electrons. The van der Waals surface area contributed by atoms with Gasteiger partial charge in [-0.1, -0.05) is 36.8 Å². The molecule has 0 radical (unpaired) electrons. The van der Waals surface area contributed by atoms with Crippen LogP contribution in [-0.4, -0.2) is 10.9 Å². The van der Waals surface area contributed by atoms with E-state index in [2.05, 4.69) is 12.1 Å². The minimum Gasteiger partial charge on any atom is -0.397 e. The zero-order valence-electron chi connectivity index (χ0n) is 13.7. The molecule has 2 N–H and O–H groups in total. The van der Waals surface area contributed by atoms with Crippen molar-refractivity contribution in [1.29, 1.82) is 0 Å². The molecule has 1 aromatic carbocycles. The highest BCUT2D eigenvalue weighted by Crippen LogP contribution is 2.51. The number of halogens is 2. The standard InChI is InChI=1S/C20H22F2N2/c21-20(22)11-14(12-20)19-18(23)17(13-7-3-1-4-8-13)15-9-5-2-6-10-16(15)24-19/h1,3-4,7-8,14H,2,5-6,9-12,23H2. The minimum atomic E-state index is -2.56. The van der Waals surface area contributed by atoms with Crippen molar-refractivity contribution in [2.75, 3.05) is 5.73 Å². The number of aromatic nitrogens is 1. The summed E-state index contributed by atoms with van der Waals surface area (Å²) in [5.41, 5.74) is 12.2. The molecule has 0 aliphatic heterocycles. The number of nitrogen functional groups attached to an aromatic ring is 1. The van der Waals surface area contributed by atoms with E-state index in [4.69, 9.17) is 10.7 Å². The highest BCUT2D eigenvalue weighted by molar-refractivity contribution is 5.82. The SMILES string of the molecule is Nc1c(C2CC(F)(F)C2)nc2c(c1-c1ccccc1)CCCCC2. The maximum atomic E-state index is 13.4. The summed E-state index contributed by atoms with van der Waals surface area (Å²) in [6, 6.07) is 10.1. The highest BCUT2D eigenvalue weighted by Gasteiger charge is 2.47. The topological polar surface area (TPSA) is 38.9 Å². The highest BCUT2D eigenvalue weighted by atomic mass is 19.3. The summed E-state index contributed by atoms with van der Waals surface area (Å²) in [6.07, 6.45) is 5.06. The predicted molar refractivity (Wildman–Crippen MR) is 92.3 cm³/mol. The van der Waals surface area contributed by atoms with E-state index in [9.17, 15) is 8.78 Å². The molecule has 0 unspecified atom stereocenters. The summed E-state index contributed by atoms with van der Waals surface area (Å²) < 4.78 is 26.7. The van der Waals surface area contributed by atoms with Crippen LogP contribution < -0.4 is 5.73 Å². The van der Waals surface area contributed by atoms with Crippen molar-refractivity contribution in [3.05, 3.63) is 47.3 Å². The largest absolute Gasteiger partial charge is 0.397 e. The summed E-state index contributed by atoms with van der Waals surface area (Å²) in [5.74, 6) is -2.77. The van der Waals surface area contributed by atoms with Crippen molar-refractivity contribution in [2.45, 2.75) is 56.8 Å². The lowest BCUT2D eigenvalue weighted by atomic mass is 9.77. The smallest absolute Gasteiger partial charge is 0.249 e. The Kier molecular flexibility index (Phi) is 3.78. The van der Waals surface area contributed by atoms with Gasteiger partial charge in [0, 0.05) is 30.0 Å². The molecule has 1 heterocycles. The van der Waals surface area contributed by atoms with Crippen LogP contribution in [0.15, 0.2) is 30.3 Å². The second kappa shape index (κ2) is 5.83. The summed E-state index contributed by atoms with van der Waals surface area (Å²) in [6.45, 7) is 0. The first-order valence-corrected chi connectivity index (χ1v) is 8.79. The number of rotatable bonds is 2. The molecule has 2 aromatic rings. The molecular formula is C20H22F2N2. The molecule has 4 rings (SSSR count).